The van der Waals surface area contributed by atoms with E-state index in [4.69, 9.17) is 9.40 Å². The Morgan fingerprint density at radius 2 is 2.29 bits per heavy atom. The van der Waals surface area contributed by atoms with Crippen molar-refractivity contribution >= 4 is 17.2 Å². The Kier molecular flexibility index (Phi) is 6.04. The molecule has 130 valence electrons. The molecule has 2 aromatic heterocycles. The fourth-order valence-electron chi connectivity index (χ4n) is 3.06. The first kappa shape index (κ1) is 17.2. The lowest BCUT2D eigenvalue weighted by Gasteiger charge is -2.30. The van der Waals surface area contributed by atoms with Crippen LogP contribution in [0.3, 0.4) is 0 Å². The third-order valence-electron chi connectivity index (χ3n) is 4.42. The summed E-state index contributed by atoms with van der Waals surface area (Å²) in [5, 5.41) is 6.38. The van der Waals surface area contributed by atoms with E-state index in [1.165, 1.54) is 10.7 Å². The number of carbonyl (C=O) groups is 1. The maximum absolute atomic E-state index is 12.3. The SMILES string of the molecule is CCCc1nc(CN2CCC(C(=O)NCc3ccco3)CC2)cs1. The van der Waals surface area contributed by atoms with Crippen molar-refractivity contribution in [2.45, 2.75) is 45.7 Å². The molecule has 24 heavy (non-hydrogen) atoms. The second kappa shape index (κ2) is 8.44. The Balaban J connectivity index is 1.40. The van der Waals surface area contributed by atoms with E-state index in [0.29, 0.717) is 6.54 Å². The zero-order valence-corrected chi connectivity index (χ0v) is 15.0. The number of furan rings is 1. The van der Waals surface area contributed by atoms with E-state index in [-0.39, 0.29) is 11.8 Å². The zero-order valence-electron chi connectivity index (χ0n) is 14.2. The smallest absolute Gasteiger partial charge is 0.223 e. The first-order valence-corrected chi connectivity index (χ1v) is 9.58. The van der Waals surface area contributed by atoms with Crippen LogP contribution < -0.4 is 5.32 Å². The lowest BCUT2D eigenvalue weighted by molar-refractivity contribution is -0.126. The highest BCUT2D eigenvalue weighted by molar-refractivity contribution is 7.09. The van der Waals surface area contributed by atoms with Gasteiger partial charge in [-0.25, -0.2) is 4.98 Å². The molecule has 0 bridgehead atoms. The second-order valence-electron chi connectivity index (χ2n) is 6.33. The van der Waals surface area contributed by atoms with Gasteiger partial charge < -0.3 is 9.73 Å². The lowest BCUT2D eigenvalue weighted by atomic mass is 9.96. The van der Waals surface area contributed by atoms with E-state index >= 15 is 0 Å². The number of hydrogen-bond donors (Lipinski definition) is 1. The van der Waals surface area contributed by atoms with E-state index in [1.54, 1.807) is 17.6 Å². The van der Waals surface area contributed by atoms with Crippen molar-refractivity contribution in [1.29, 1.82) is 0 Å². The Bertz CT molecular complexity index is 630. The molecule has 1 amide bonds. The van der Waals surface area contributed by atoms with Gasteiger partial charge in [0.15, 0.2) is 0 Å². The molecule has 1 aliphatic heterocycles. The van der Waals surface area contributed by atoms with Crippen LogP contribution in [0.15, 0.2) is 28.2 Å². The van der Waals surface area contributed by atoms with Gasteiger partial charge in [-0.3, -0.25) is 9.69 Å². The zero-order chi connectivity index (χ0) is 16.8. The number of rotatable bonds is 7. The standard InChI is InChI=1S/C18H25N3O2S/c1-2-4-17-20-15(13-24-17)12-21-8-6-14(7-9-21)18(22)19-11-16-5-3-10-23-16/h3,5,10,13-14H,2,4,6-9,11-12H2,1H3,(H,19,22). The van der Waals surface area contributed by atoms with Crippen LogP contribution in [0.25, 0.3) is 0 Å². The van der Waals surface area contributed by atoms with Crippen molar-refractivity contribution < 1.29 is 9.21 Å². The van der Waals surface area contributed by atoms with Crippen LogP contribution in [0.1, 0.15) is 42.6 Å². The summed E-state index contributed by atoms with van der Waals surface area (Å²) in [7, 11) is 0. The summed E-state index contributed by atoms with van der Waals surface area (Å²) in [6.07, 6.45) is 5.67. The van der Waals surface area contributed by atoms with Crippen LogP contribution in [0, 0.1) is 5.92 Å². The highest BCUT2D eigenvalue weighted by Crippen LogP contribution is 2.20. The van der Waals surface area contributed by atoms with Gasteiger partial charge in [-0.05, 0) is 50.9 Å². The minimum absolute atomic E-state index is 0.113. The van der Waals surface area contributed by atoms with E-state index < -0.39 is 0 Å². The summed E-state index contributed by atoms with van der Waals surface area (Å²) >= 11 is 1.76. The van der Waals surface area contributed by atoms with E-state index in [9.17, 15) is 4.79 Å². The van der Waals surface area contributed by atoms with Crippen LogP contribution in [0.2, 0.25) is 0 Å². The molecule has 0 radical (unpaired) electrons. The van der Waals surface area contributed by atoms with Crippen molar-refractivity contribution in [3.63, 3.8) is 0 Å². The summed E-state index contributed by atoms with van der Waals surface area (Å²) in [4.78, 5) is 19.3. The number of nitrogens with zero attached hydrogens (tertiary/aromatic N) is 2. The van der Waals surface area contributed by atoms with Gasteiger partial charge in [0, 0.05) is 17.8 Å². The summed E-state index contributed by atoms with van der Waals surface area (Å²) in [6.45, 7) is 5.48. The molecule has 5 nitrogen and oxygen atoms in total. The van der Waals surface area contributed by atoms with Crippen molar-refractivity contribution in [1.82, 2.24) is 15.2 Å². The number of piperidine rings is 1. The lowest BCUT2D eigenvalue weighted by Crippen LogP contribution is -2.40. The quantitative estimate of drug-likeness (QED) is 0.835. The molecule has 0 aliphatic carbocycles. The van der Waals surface area contributed by atoms with Crippen molar-refractivity contribution in [3.8, 4) is 0 Å². The molecule has 1 saturated heterocycles. The number of aromatic nitrogens is 1. The monoisotopic (exact) mass is 347 g/mol. The molecule has 3 heterocycles. The van der Waals surface area contributed by atoms with Gasteiger partial charge in [0.25, 0.3) is 0 Å². The number of hydrogen-bond acceptors (Lipinski definition) is 5. The summed E-state index contributed by atoms with van der Waals surface area (Å²) < 4.78 is 5.25. The summed E-state index contributed by atoms with van der Waals surface area (Å²) in [6, 6.07) is 3.72. The molecule has 0 unspecified atom stereocenters. The highest BCUT2D eigenvalue weighted by Gasteiger charge is 2.25. The van der Waals surface area contributed by atoms with Gasteiger partial charge in [-0.1, -0.05) is 6.92 Å². The Morgan fingerprint density at radius 1 is 1.46 bits per heavy atom. The fraction of sp³-hybridized carbons (Fsp3) is 0.556. The highest BCUT2D eigenvalue weighted by atomic mass is 32.1. The largest absolute Gasteiger partial charge is 0.467 e. The first-order chi connectivity index (χ1) is 11.7. The van der Waals surface area contributed by atoms with Gasteiger partial charge >= 0.3 is 0 Å². The maximum atomic E-state index is 12.3. The number of carbonyl (C=O) groups excluding carboxylic acids is 1. The number of nitrogens with one attached hydrogen (secondary N) is 1. The number of amides is 1. The topological polar surface area (TPSA) is 58.4 Å². The number of aryl methyl sites for hydroxylation is 1. The van der Waals surface area contributed by atoms with E-state index in [1.807, 2.05) is 12.1 Å². The predicted octanol–water partition coefficient (Wildman–Crippen LogP) is 3.22. The molecule has 1 aliphatic rings. The van der Waals surface area contributed by atoms with Gasteiger partial charge in [-0.2, -0.15) is 0 Å². The second-order valence-corrected chi connectivity index (χ2v) is 7.27. The third-order valence-corrected chi connectivity index (χ3v) is 5.38. The molecule has 3 rings (SSSR count). The Labute approximate surface area is 147 Å². The molecule has 6 heteroatoms. The maximum Gasteiger partial charge on any atom is 0.223 e. The fourth-order valence-corrected chi connectivity index (χ4v) is 3.96. The van der Waals surface area contributed by atoms with Gasteiger partial charge in [-0.15, -0.1) is 11.3 Å². The normalized spacial score (nSPS) is 16.4. The van der Waals surface area contributed by atoms with Gasteiger partial charge in [0.2, 0.25) is 5.91 Å². The minimum Gasteiger partial charge on any atom is -0.467 e. The van der Waals surface area contributed by atoms with Crippen LogP contribution in [-0.2, 0) is 24.3 Å². The molecule has 1 fully saturated rings. The van der Waals surface area contributed by atoms with E-state index in [2.05, 4.69) is 22.5 Å². The number of thiazole rings is 1. The van der Waals surface area contributed by atoms with Crippen LogP contribution in [0.4, 0.5) is 0 Å². The first-order valence-electron chi connectivity index (χ1n) is 8.70. The van der Waals surface area contributed by atoms with Gasteiger partial charge in [0.1, 0.15) is 5.76 Å². The van der Waals surface area contributed by atoms with Crippen LogP contribution in [0.5, 0.6) is 0 Å². The molecule has 0 atom stereocenters. The summed E-state index contributed by atoms with van der Waals surface area (Å²) in [5.74, 6) is 1.06. The van der Waals surface area contributed by atoms with Gasteiger partial charge in [0.05, 0.1) is 23.5 Å². The Hall–Kier alpha value is -1.66. The average molecular weight is 347 g/mol. The molecule has 2 aromatic rings. The van der Waals surface area contributed by atoms with Crippen LogP contribution in [-0.4, -0.2) is 28.9 Å². The molecule has 0 spiro atoms. The Morgan fingerprint density at radius 3 is 3.00 bits per heavy atom. The average Bonchev–Trinajstić information content (AvgIpc) is 3.26. The molecular formula is C18H25N3O2S. The summed E-state index contributed by atoms with van der Waals surface area (Å²) in [5.41, 5.74) is 1.17. The third kappa shape index (κ3) is 4.68. The van der Waals surface area contributed by atoms with Crippen LogP contribution >= 0.6 is 11.3 Å². The van der Waals surface area contributed by atoms with Crippen molar-refractivity contribution in [3.05, 3.63) is 40.2 Å². The van der Waals surface area contributed by atoms with Crippen molar-refractivity contribution in [2.75, 3.05) is 13.1 Å². The van der Waals surface area contributed by atoms with Crippen molar-refractivity contribution in [2.24, 2.45) is 5.92 Å². The molecule has 0 aromatic carbocycles. The minimum atomic E-state index is 0.113. The molecular weight excluding hydrogens is 322 g/mol. The predicted molar refractivity (Wildman–Crippen MR) is 94.7 cm³/mol. The molecule has 0 saturated carbocycles. The molecule has 1 N–H and O–H groups in total. The number of likely N-dealkylation sites (tertiary alicyclic amines) is 1. The van der Waals surface area contributed by atoms with E-state index in [0.717, 1.165) is 51.1 Å².